The van der Waals surface area contributed by atoms with Crippen LogP contribution in [0.15, 0.2) is 29.2 Å². The van der Waals surface area contributed by atoms with Gasteiger partial charge in [0.05, 0.1) is 11.4 Å². The van der Waals surface area contributed by atoms with Gasteiger partial charge >= 0.3 is 5.97 Å². The molecule has 1 unspecified atom stereocenters. The predicted octanol–water partition coefficient (Wildman–Crippen LogP) is 1.27. The van der Waals surface area contributed by atoms with E-state index < -0.39 is 30.2 Å². The zero-order valence-electron chi connectivity index (χ0n) is 11.0. The Morgan fingerprint density at radius 3 is 2.57 bits per heavy atom. The smallest absolute Gasteiger partial charge is 0.326 e. The Morgan fingerprint density at radius 2 is 2.00 bits per heavy atom. The molecule has 0 aliphatic rings. The summed E-state index contributed by atoms with van der Waals surface area (Å²) in [6.07, 6.45) is -0.322. The molecular weight excluding hydrogens is 316 g/mol. The van der Waals surface area contributed by atoms with E-state index in [0.29, 0.717) is 10.8 Å². The van der Waals surface area contributed by atoms with E-state index >= 15 is 0 Å². The Bertz CT molecular complexity index is 539. The molecule has 1 aromatic carbocycles. The van der Waals surface area contributed by atoms with Crippen molar-refractivity contribution in [3.63, 3.8) is 0 Å². The fourth-order valence-corrected chi connectivity index (χ4v) is 2.67. The largest absolute Gasteiger partial charge is 0.480 e. The van der Waals surface area contributed by atoms with E-state index in [2.05, 4.69) is 5.32 Å². The minimum Gasteiger partial charge on any atom is -0.480 e. The van der Waals surface area contributed by atoms with Gasteiger partial charge in [-0.3, -0.25) is 9.59 Å². The second kappa shape index (κ2) is 8.53. The molecule has 1 aromatic rings. The number of thioether (sulfide) groups is 1. The first kappa shape index (κ1) is 17.3. The van der Waals surface area contributed by atoms with Gasteiger partial charge < -0.3 is 16.2 Å². The van der Waals surface area contributed by atoms with Gasteiger partial charge in [-0.1, -0.05) is 23.7 Å². The number of rotatable bonds is 8. The molecular formula is C13H15ClN2O4S. The van der Waals surface area contributed by atoms with Gasteiger partial charge in [0.2, 0.25) is 11.8 Å². The average molecular weight is 331 g/mol. The molecule has 2 amide bonds. The van der Waals surface area contributed by atoms with Crippen molar-refractivity contribution in [2.24, 2.45) is 5.73 Å². The lowest BCUT2D eigenvalue weighted by atomic mass is 10.2. The van der Waals surface area contributed by atoms with Crippen LogP contribution in [0, 0.1) is 0 Å². The Labute approximate surface area is 131 Å². The summed E-state index contributed by atoms with van der Waals surface area (Å²) in [6.45, 7) is 0. The number of halogens is 1. The van der Waals surface area contributed by atoms with Crippen molar-refractivity contribution in [2.75, 3.05) is 5.75 Å². The van der Waals surface area contributed by atoms with E-state index in [9.17, 15) is 14.4 Å². The van der Waals surface area contributed by atoms with E-state index in [1.807, 2.05) is 12.1 Å². The summed E-state index contributed by atoms with van der Waals surface area (Å²) in [5.41, 5.74) is 4.93. The third-order valence-corrected chi connectivity index (χ3v) is 3.98. The quantitative estimate of drug-likeness (QED) is 0.622. The Hall–Kier alpha value is -1.73. The zero-order chi connectivity index (χ0) is 15.8. The second-order valence-corrected chi connectivity index (χ2v) is 5.70. The van der Waals surface area contributed by atoms with Crippen LogP contribution in [0.4, 0.5) is 0 Å². The maximum absolute atomic E-state index is 11.6. The molecule has 0 fully saturated rings. The number of carbonyl (C=O) groups excluding carboxylic acids is 2. The van der Waals surface area contributed by atoms with E-state index in [4.69, 9.17) is 22.4 Å². The van der Waals surface area contributed by atoms with Gasteiger partial charge in [-0.15, -0.1) is 11.8 Å². The van der Waals surface area contributed by atoms with Crippen LogP contribution >= 0.6 is 23.4 Å². The van der Waals surface area contributed by atoms with Crippen molar-refractivity contribution in [3.8, 4) is 0 Å². The first-order valence-electron chi connectivity index (χ1n) is 6.08. The fraction of sp³-hybridized carbons (Fsp3) is 0.308. The number of benzene rings is 1. The molecule has 21 heavy (non-hydrogen) atoms. The number of primary amides is 1. The third-order valence-electron chi connectivity index (χ3n) is 2.46. The Kier molecular flexibility index (Phi) is 7.04. The second-order valence-electron chi connectivity index (χ2n) is 4.16. The van der Waals surface area contributed by atoms with E-state index in [1.54, 1.807) is 12.1 Å². The lowest BCUT2D eigenvalue weighted by molar-refractivity contribution is -0.143. The van der Waals surface area contributed by atoms with Crippen LogP contribution < -0.4 is 11.1 Å². The van der Waals surface area contributed by atoms with Crippen LogP contribution in [0.1, 0.15) is 12.8 Å². The lowest BCUT2D eigenvalue weighted by Crippen LogP contribution is -2.43. The monoisotopic (exact) mass is 330 g/mol. The van der Waals surface area contributed by atoms with Crippen molar-refractivity contribution in [1.82, 2.24) is 5.32 Å². The number of aliphatic carboxylic acids is 1. The minimum absolute atomic E-state index is 0.110. The Balaban J connectivity index is 2.41. The first-order valence-corrected chi connectivity index (χ1v) is 7.44. The van der Waals surface area contributed by atoms with Gasteiger partial charge in [-0.05, 0) is 12.1 Å². The van der Waals surface area contributed by atoms with Gasteiger partial charge in [-0.2, -0.15) is 0 Å². The highest BCUT2D eigenvalue weighted by Gasteiger charge is 2.21. The van der Waals surface area contributed by atoms with Crippen molar-refractivity contribution < 1.29 is 19.5 Å². The van der Waals surface area contributed by atoms with Crippen LogP contribution in [0.2, 0.25) is 5.02 Å². The van der Waals surface area contributed by atoms with Crippen molar-refractivity contribution in [1.29, 1.82) is 0 Å². The maximum Gasteiger partial charge on any atom is 0.326 e. The molecule has 0 spiro atoms. The highest BCUT2D eigenvalue weighted by molar-refractivity contribution is 7.99. The average Bonchev–Trinajstić information content (AvgIpc) is 2.39. The van der Waals surface area contributed by atoms with Crippen molar-refractivity contribution in [3.05, 3.63) is 29.3 Å². The molecule has 4 N–H and O–H groups in total. The fourth-order valence-electron chi connectivity index (χ4n) is 1.48. The molecule has 0 heterocycles. The molecule has 0 saturated carbocycles. The molecule has 0 radical (unpaired) electrons. The maximum atomic E-state index is 11.6. The lowest BCUT2D eigenvalue weighted by Gasteiger charge is -2.12. The molecule has 1 atom stereocenters. The van der Waals surface area contributed by atoms with Crippen molar-refractivity contribution in [2.45, 2.75) is 23.8 Å². The molecule has 114 valence electrons. The van der Waals surface area contributed by atoms with Gasteiger partial charge in [0.1, 0.15) is 6.04 Å². The summed E-state index contributed by atoms with van der Waals surface area (Å²) in [5.74, 6) is -2.09. The molecule has 0 aliphatic heterocycles. The number of nitrogens with one attached hydrogen (secondary N) is 1. The van der Waals surface area contributed by atoms with Gasteiger partial charge in [0.25, 0.3) is 0 Å². The van der Waals surface area contributed by atoms with Gasteiger partial charge in [0, 0.05) is 17.1 Å². The predicted molar refractivity (Wildman–Crippen MR) is 80.2 cm³/mol. The van der Waals surface area contributed by atoms with Crippen LogP contribution in [-0.4, -0.2) is 34.7 Å². The first-order chi connectivity index (χ1) is 9.90. The molecule has 0 saturated heterocycles. The number of hydrogen-bond donors (Lipinski definition) is 3. The molecule has 0 aromatic heterocycles. The highest BCUT2D eigenvalue weighted by Crippen LogP contribution is 2.26. The number of amides is 2. The summed E-state index contributed by atoms with van der Waals surface area (Å²) in [5, 5.41) is 11.7. The van der Waals surface area contributed by atoms with Crippen LogP contribution in [0.5, 0.6) is 0 Å². The summed E-state index contributed by atoms with van der Waals surface area (Å²) in [4.78, 5) is 34.1. The molecule has 8 heteroatoms. The van der Waals surface area contributed by atoms with Crippen LogP contribution in [0.25, 0.3) is 0 Å². The van der Waals surface area contributed by atoms with Gasteiger partial charge in [0.15, 0.2) is 0 Å². The van der Waals surface area contributed by atoms with Crippen molar-refractivity contribution >= 4 is 41.1 Å². The number of hydrogen-bond acceptors (Lipinski definition) is 4. The number of carbonyl (C=O) groups is 3. The Morgan fingerprint density at radius 1 is 1.33 bits per heavy atom. The highest BCUT2D eigenvalue weighted by atomic mass is 35.5. The van der Waals surface area contributed by atoms with E-state index in [0.717, 1.165) is 4.90 Å². The number of carboxylic acid groups (broad SMARTS) is 1. The SMILES string of the molecule is NC(=O)CC(NC(=O)CCSc1ccccc1Cl)C(=O)O. The summed E-state index contributed by atoms with van der Waals surface area (Å²) in [7, 11) is 0. The molecule has 0 bridgehead atoms. The van der Waals surface area contributed by atoms with Crippen LogP contribution in [0.3, 0.4) is 0 Å². The standard InChI is InChI=1S/C13H15ClN2O4S/c14-8-3-1-2-4-10(8)21-6-5-12(18)16-9(13(19)20)7-11(15)17/h1-4,9H,5-7H2,(H2,15,17)(H,16,18)(H,19,20). The molecule has 0 aliphatic carbocycles. The molecule has 6 nitrogen and oxygen atoms in total. The summed E-state index contributed by atoms with van der Waals surface area (Å²) >= 11 is 7.37. The van der Waals surface area contributed by atoms with E-state index in [-0.39, 0.29) is 6.42 Å². The summed E-state index contributed by atoms with van der Waals surface area (Å²) < 4.78 is 0. The third kappa shape index (κ3) is 6.50. The van der Waals surface area contributed by atoms with Gasteiger partial charge in [-0.25, -0.2) is 4.79 Å². The van der Waals surface area contributed by atoms with E-state index in [1.165, 1.54) is 11.8 Å². The zero-order valence-corrected chi connectivity index (χ0v) is 12.6. The summed E-state index contributed by atoms with van der Waals surface area (Å²) in [6, 6.07) is 5.93. The molecule has 1 rings (SSSR count). The number of carboxylic acids is 1. The minimum atomic E-state index is -1.29. The normalized spacial score (nSPS) is 11.7. The number of nitrogens with two attached hydrogens (primary N) is 1. The topological polar surface area (TPSA) is 109 Å². The van der Waals surface area contributed by atoms with Crippen LogP contribution in [-0.2, 0) is 14.4 Å².